The number of carbonyl (C=O) groups excluding carboxylic acids is 10. The van der Waals surface area contributed by atoms with Crippen molar-refractivity contribution in [3.05, 3.63) is 123 Å². The highest BCUT2D eigenvalue weighted by Crippen LogP contribution is 2.48. The van der Waals surface area contributed by atoms with Crippen LogP contribution in [0.5, 0.6) is 5.75 Å². The van der Waals surface area contributed by atoms with Crippen LogP contribution in [0.3, 0.4) is 0 Å². The number of pyridine rings is 2. The van der Waals surface area contributed by atoms with Crippen LogP contribution >= 0.6 is 39.5 Å². The normalized spacial score (nSPS) is 25.5. The number of nitrogens with one attached hydrogen (secondary N) is 5. The van der Waals surface area contributed by atoms with E-state index in [4.69, 9.17) is 41.8 Å². The highest BCUT2D eigenvalue weighted by atomic mass is 79.9. The van der Waals surface area contributed by atoms with Crippen molar-refractivity contribution in [2.24, 2.45) is 11.8 Å². The molecular weight excluding hydrogens is 1640 g/mol. The fourth-order valence-corrected chi connectivity index (χ4v) is 18.1. The molecule has 13 rings (SSSR count). The molecule has 116 heavy (non-hydrogen) atoms. The molecule has 0 spiro atoms. The Morgan fingerprint density at radius 3 is 1.54 bits per heavy atom. The standard InChI is InChI=1S/C37H46N4O9S.C31H40BrN3O9S.C12H11NO3S.F2.FH/c1-47-34(44)27-19-29(25-15-11-17-30(51-3)31(25)38-27)49-24-18-28-32(42)40-37(35(45)48-2)20-22(37)12-7-5-4-6-8-16-26(33(43)41(28)21-24)39-36(46)50-23-13-9-10-14-23;1-42-29(38)31-18-20(31)9-5-3-2-4-6-12-25(33-30(39)43-22-10-7-8-11-22)28(37)35-19-23(17-26(35)27(36)34-31)44-45(40,41)24-15-13-21(32)14-16-24;1-16-12(15)8-6-9(14)7-4-3-5-10(17-2)11(7)13-8;1-2;/h7,11-12,15,17,19,22-24,26,28H,4-6,8-10,13-14,16,18,20-21H2,1-3H3,(H,39,46)(H,40,42);5,9,13-16,20,22-23,25-26H,2-4,6-8,10-12,17-19H2,1H3,(H,33,39)(H,34,36);3-6H,1-2H3,(H,13,14);;1H/b12-7-;9-5-;;;/t22?,24-,26+,28+,37-;20?,23-,25+,26+,31-;;;/m11.../s1. The van der Waals surface area contributed by atoms with Crippen LogP contribution in [0.25, 0.3) is 21.8 Å². The summed E-state index contributed by atoms with van der Waals surface area (Å²) in [5, 5.41) is 12.5. The Hall–Kier alpha value is -9.26. The van der Waals surface area contributed by atoms with Gasteiger partial charge >= 0.3 is 36.1 Å². The number of H-pyrrole nitrogens is 1. The number of thioether (sulfide) groups is 2. The molecule has 10 atom stereocenters. The lowest BCUT2D eigenvalue weighted by atomic mass is 10.0. The van der Waals surface area contributed by atoms with Gasteiger partial charge in [-0.3, -0.25) is 32.9 Å². The van der Waals surface area contributed by atoms with Crippen LogP contribution < -0.4 is 31.4 Å². The minimum Gasteiger partial charge on any atom is -0.488 e. The topological polar surface area (TPSA) is 379 Å². The number of amides is 6. The van der Waals surface area contributed by atoms with Gasteiger partial charge in [0.15, 0.2) is 11.1 Å². The number of nitrogens with zero attached hydrogens (tertiary/aromatic N) is 3. The summed E-state index contributed by atoms with van der Waals surface area (Å²) < 4.78 is 86.0. The molecule has 0 bridgehead atoms. The second-order valence-corrected chi connectivity index (χ2v) is 33.5. The van der Waals surface area contributed by atoms with Crippen molar-refractivity contribution in [3.8, 4) is 5.75 Å². The number of halogens is 4. The van der Waals surface area contributed by atoms with Crippen LogP contribution in [0.2, 0.25) is 0 Å². The molecule has 5 N–H and O–H groups in total. The molecule has 3 aromatic carbocycles. The minimum atomic E-state index is -4.24. The Bertz CT molecular complexity index is 4630. The third-order valence-electron chi connectivity index (χ3n) is 21.8. The maximum absolute atomic E-state index is 14.5. The van der Waals surface area contributed by atoms with Crippen molar-refractivity contribution >= 4 is 131 Å². The van der Waals surface area contributed by atoms with Crippen LogP contribution in [0, 0.1) is 11.8 Å². The van der Waals surface area contributed by atoms with Crippen LogP contribution in [-0.4, -0.2) is 202 Å². The fraction of sp³-hybridized carbons (Fsp3) is 0.525. The first kappa shape index (κ1) is 90.7. The van der Waals surface area contributed by atoms with Crippen molar-refractivity contribution in [2.75, 3.05) is 54.0 Å². The predicted octanol–water partition coefficient (Wildman–Crippen LogP) is 11.5. The molecule has 6 fully saturated rings. The molecule has 5 aromatic rings. The van der Waals surface area contributed by atoms with Gasteiger partial charge in [0.1, 0.15) is 65.0 Å². The van der Waals surface area contributed by atoms with E-state index in [0.29, 0.717) is 70.6 Å². The molecule has 2 saturated heterocycles. The number of rotatable bonds is 15. The van der Waals surface area contributed by atoms with E-state index in [1.807, 2.05) is 67.1 Å². The molecule has 2 aromatic heterocycles. The van der Waals surface area contributed by atoms with Crippen LogP contribution in [0.15, 0.2) is 121 Å². The summed E-state index contributed by atoms with van der Waals surface area (Å²) in [4.78, 5) is 156. The van der Waals surface area contributed by atoms with Gasteiger partial charge in [0.25, 0.3) is 10.1 Å². The van der Waals surface area contributed by atoms with Crippen molar-refractivity contribution in [3.63, 3.8) is 0 Å². The van der Waals surface area contributed by atoms with Gasteiger partial charge in [0.05, 0.1) is 57.0 Å². The average molecular weight is 1740 g/mol. The molecule has 4 aliphatic carbocycles. The number of aromatic amines is 1. The average Bonchev–Trinajstić information content (AvgIpc) is 1.58. The number of para-hydroxylation sites is 2. The van der Waals surface area contributed by atoms with Gasteiger partial charge in [-0.05, 0) is 164 Å². The Balaban J connectivity index is 0.000000216. The predicted molar refractivity (Wildman–Crippen MR) is 426 cm³/mol. The zero-order chi connectivity index (χ0) is 82.7. The van der Waals surface area contributed by atoms with Gasteiger partial charge in [-0.15, -0.1) is 23.5 Å². The fourth-order valence-electron chi connectivity index (χ4n) is 15.6. The van der Waals surface area contributed by atoms with E-state index < -0.39 is 117 Å². The number of methoxy groups -OCH3 is 4. The first-order valence-electron chi connectivity index (χ1n) is 38.4. The minimum absolute atomic E-state index is 0. The third kappa shape index (κ3) is 22.1. The van der Waals surface area contributed by atoms with Gasteiger partial charge in [-0.1, -0.05) is 78.1 Å². The number of ether oxygens (including phenoxy) is 7. The highest BCUT2D eigenvalue weighted by molar-refractivity contribution is 9.10. The number of aromatic nitrogens is 2. The lowest BCUT2D eigenvalue weighted by Crippen LogP contribution is -2.56. The van der Waals surface area contributed by atoms with Gasteiger partial charge in [-0.2, -0.15) is 8.42 Å². The first-order valence-corrected chi connectivity index (χ1v) is 43.1. The Morgan fingerprint density at radius 1 is 0.578 bits per heavy atom. The van der Waals surface area contributed by atoms with Crippen LogP contribution in [0.4, 0.5) is 23.4 Å². The quantitative estimate of drug-likeness (QED) is 0.0214. The molecule has 6 amide bonds. The first-order chi connectivity index (χ1) is 55.4. The molecule has 36 heteroatoms. The van der Waals surface area contributed by atoms with E-state index in [1.54, 1.807) is 18.2 Å². The largest absolute Gasteiger partial charge is 0.488 e. The second-order valence-electron chi connectivity index (χ2n) is 29.3. The number of hydrogen-bond donors (Lipinski definition) is 5. The van der Waals surface area contributed by atoms with Gasteiger partial charge in [-0.25, -0.2) is 33.8 Å². The summed E-state index contributed by atoms with van der Waals surface area (Å²) in [5.74, 6) is -4.58. The lowest BCUT2D eigenvalue weighted by molar-refractivity contribution is -0.148. The number of alkyl carbamates (subject to hydrolysis) is 2. The number of hydrogen-bond acceptors (Lipinski definition) is 24. The van der Waals surface area contributed by atoms with Crippen molar-refractivity contribution in [1.82, 2.24) is 41.0 Å². The Kier molecular flexibility index (Phi) is 32.6. The highest BCUT2D eigenvalue weighted by Gasteiger charge is 2.63. The van der Waals surface area contributed by atoms with Crippen molar-refractivity contribution < 1.29 is 108 Å². The molecule has 29 nitrogen and oxygen atoms in total. The summed E-state index contributed by atoms with van der Waals surface area (Å²) >= 11 is 6.26. The van der Waals surface area contributed by atoms with E-state index in [1.165, 1.54) is 86.0 Å². The summed E-state index contributed by atoms with van der Waals surface area (Å²) in [6.45, 7) is -0.196. The number of fused-ring (bicyclic) bond motifs is 6. The molecule has 6 heterocycles. The third-order valence-corrected chi connectivity index (χ3v) is 25.3. The van der Waals surface area contributed by atoms with Crippen LogP contribution in [-0.2, 0) is 71.5 Å². The number of esters is 4. The van der Waals surface area contributed by atoms with Gasteiger partial charge in [0.2, 0.25) is 23.6 Å². The summed E-state index contributed by atoms with van der Waals surface area (Å²) in [7, 11) is 0.861. The van der Waals surface area contributed by atoms with Gasteiger partial charge < -0.3 is 69.2 Å². The lowest BCUT2D eigenvalue weighted by Gasteiger charge is -2.29. The molecule has 8 aliphatic rings. The smallest absolute Gasteiger partial charge is 0.408 e. The molecular formula is C80H98BrF3N8O21S3. The molecule has 4 aliphatic heterocycles. The number of allylic oxidation sites excluding steroid dienone is 2. The molecule has 2 unspecified atom stereocenters. The van der Waals surface area contributed by atoms with Gasteiger partial charge in [0, 0.05) is 77.5 Å². The van der Waals surface area contributed by atoms with Crippen molar-refractivity contribution in [2.45, 2.75) is 216 Å². The van der Waals surface area contributed by atoms with E-state index in [9.17, 15) is 61.2 Å². The summed E-state index contributed by atoms with van der Waals surface area (Å²) in [6.07, 6.45) is 22.8. The SMILES string of the molecule is COC(=O)[C@@]12CC1/C=C\CCCCC[C@H](NC(=O)OC1CCCC1)C(=O)N1C[C@H](OS(=O)(=O)c3ccc(Br)cc3)C[C@H]1C(=O)N2.COC(=O)c1cc(=O)c2cccc(SC)c2[nH]1.COC(=O)c1cc(O[C@@H]2C[C@H]3C(=O)N[C@]4(C(=O)OC)CC4/C=C\CCCCC[C@H](NC(=O)OC4CCCC4)C(=O)N3C2)c2cccc(SC)c2n1.F.FF. The zero-order valence-electron chi connectivity index (χ0n) is 65.2. The summed E-state index contributed by atoms with van der Waals surface area (Å²) in [6, 6.07) is 15.6. The van der Waals surface area contributed by atoms with E-state index in [2.05, 4.69) is 51.9 Å². The van der Waals surface area contributed by atoms with Crippen molar-refractivity contribution in [1.29, 1.82) is 0 Å². The second kappa shape index (κ2) is 41.7. The molecule has 630 valence electrons. The maximum atomic E-state index is 14.5. The van der Waals surface area contributed by atoms with E-state index >= 15 is 0 Å². The molecule has 0 radical (unpaired) electrons. The Labute approximate surface area is 686 Å². The zero-order valence-corrected chi connectivity index (χ0v) is 69.2. The Morgan fingerprint density at radius 2 is 1.05 bits per heavy atom. The summed E-state index contributed by atoms with van der Waals surface area (Å²) in [5.41, 5.74) is -1.23. The van der Waals surface area contributed by atoms with Crippen LogP contribution in [0.1, 0.15) is 162 Å². The van der Waals surface area contributed by atoms with E-state index in [0.717, 1.165) is 99.7 Å². The number of benzene rings is 3. The number of carbonyl (C=O) groups is 10. The molecule has 4 saturated carbocycles. The van der Waals surface area contributed by atoms with E-state index in [-0.39, 0.29) is 76.4 Å². The maximum Gasteiger partial charge on any atom is 0.408 e. The monoisotopic (exact) mass is 1740 g/mol.